The first-order valence-electron chi connectivity index (χ1n) is 7.28. The number of fused-ring (bicyclic) bond motifs is 1. The molecule has 0 radical (unpaired) electrons. The van der Waals surface area contributed by atoms with Crippen LogP contribution in [0.3, 0.4) is 0 Å². The van der Waals surface area contributed by atoms with Gasteiger partial charge >= 0.3 is 5.69 Å². The second kappa shape index (κ2) is 6.54. The zero-order valence-corrected chi connectivity index (χ0v) is 14.0. The lowest BCUT2D eigenvalue weighted by Crippen LogP contribution is -2.25. The van der Waals surface area contributed by atoms with Gasteiger partial charge in [0, 0.05) is 12.1 Å². The molecule has 0 saturated heterocycles. The van der Waals surface area contributed by atoms with Gasteiger partial charge in [-0.2, -0.15) is 0 Å². The van der Waals surface area contributed by atoms with Crippen molar-refractivity contribution in [3.8, 4) is 5.75 Å². The van der Waals surface area contributed by atoms with Crippen molar-refractivity contribution in [3.63, 3.8) is 0 Å². The van der Waals surface area contributed by atoms with Crippen molar-refractivity contribution in [2.75, 3.05) is 7.11 Å². The lowest BCUT2D eigenvalue weighted by Gasteiger charge is -2.10. The summed E-state index contributed by atoms with van der Waals surface area (Å²) in [5.74, 6) is 0.567. The maximum absolute atomic E-state index is 12.5. The lowest BCUT2D eigenvalue weighted by molar-refractivity contribution is 0.409. The van der Waals surface area contributed by atoms with Crippen molar-refractivity contribution in [2.24, 2.45) is 0 Å². The number of rotatable bonds is 5. The Hall–Kier alpha value is -2.91. The molecule has 8 nitrogen and oxygen atoms in total. The van der Waals surface area contributed by atoms with Crippen LogP contribution in [-0.2, 0) is 16.6 Å². The third-order valence-corrected chi connectivity index (χ3v) is 5.07. The van der Waals surface area contributed by atoms with Gasteiger partial charge in [0.05, 0.1) is 22.9 Å². The van der Waals surface area contributed by atoms with Crippen molar-refractivity contribution >= 4 is 20.9 Å². The molecule has 0 bridgehead atoms. The molecule has 3 rings (SSSR count). The molecular weight excluding hydrogens is 346 g/mol. The number of para-hydroxylation sites is 1. The number of ether oxygens (including phenoxy) is 1. The summed E-state index contributed by atoms with van der Waals surface area (Å²) in [5, 5.41) is 0.0831. The molecule has 25 heavy (non-hydrogen) atoms. The van der Waals surface area contributed by atoms with Crippen LogP contribution in [0.4, 0.5) is 0 Å². The van der Waals surface area contributed by atoms with E-state index in [1.165, 1.54) is 25.3 Å². The summed E-state index contributed by atoms with van der Waals surface area (Å²) in [4.78, 5) is 27.5. The predicted octanol–water partition coefficient (Wildman–Crippen LogP) is 0.703. The number of methoxy groups -OCH3 is 1. The van der Waals surface area contributed by atoms with Crippen LogP contribution in [0.15, 0.2) is 56.9 Å². The maximum atomic E-state index is 12.5. The summed E-state index contributed by atoms with van der Waals surface area (Å²) in [6.45, 7) is 0.0341. The fourth-order valence-corrected chi connectivity index (χ4v) is 3.45. The molecule has 0 amide bonds. The highest BCUT2D eigenvalue weighted by Gasteiger charge is 2.16. The van der Waals surface area contributed by atoms with Gasteiger partial charge < -0.3 is 9.72 Å². The quantitative estimate of drug-likeness (QED) is 0.618. The van der Waals surface area contributed by atoms with Crippen molar-refractivity contribution < 1.29 is 13.2 Å². The summed E-state index contributed by atoms with van der Waals surface area (Å²) >= 11 is 0. The number of hydrogen-bond acceptors (Lipinski definition) is 5. The van der Waals surface area contributed by atoms with E-state index in [1.807, 2.05) is 0 Å². The minimum atomic E-state index is -3.85. The van der Waals surface area contributed by atoms with E-state index < -0.39 is 21.3 Å². The summed E-state index contributed by atoms with van der Waals surface area (Å²) in [6, 6.07) is 11.0. The lowest BCUT2D eigenvalue weighted by atomic mass is 10.2. The van der Waals surface area contributed by atoms with E-state index in [-0.39, 0.29) is 22.3 Å². The van der Waals surface area contributed by atoms with Gasteiger partial charge in [-0.05, 0) is 24.3 Å². The van der Waals surface area contributed by atoms with Gasteiger partial charge in [-0.15, -0.1) is 0 Å². The molecule has 0 aliphatic heterocycles. The van der Waals surface area contributed by atoms with Crippen LogP contribution in [0.1, 0.15) is 5.56 Å². The number of H-pyrrole nitrogens is 2. The fraction of sp³-hybridized carbons (Fsp3) is 0.125. The van der Waals surface area contributed by atoms with Crippen LogP contribution in [0.25, 0.3) is 10.9 Å². The first-order valence-corrected chi connectivity index (χ1v) is 8.77. The Bertz CT molecular complexity index is 1150. The average Bonchev–Trinajstić information content (AvgIpc) is 2.59. The Balaban J connectivity index is 1.93. The molecule has 0 aliphatic carbocycles. The van der Waals surface area contributed by atoms with E-state index in [0.717, 1.165) is 0 Å². The second-order valence-corrected chi connectivity index (χ2v) is 7.02. The predicted molar refractivity (Wildman–Crippen MR) is 92.2 cm³/mol. The van der Waals surface area contributed by atoms with Crippen molar-refractivity contribution in [3.05, 3.63) is 68.9 Å². The Morgan fingerprint density at radius 3 is 2.60 bits per heavy atom. The van der Waals surface area contributed by atoms with E-state index >= 15 is 0 Å². The molecular formula is C16H15N3O5S. The van der Waals surface area contributed by atoms with Crippen LogP contribution in [0, 0.1) is 0 Å². The molecule has 0 saturated carbocycles. The van der Waals surface area contributed by atoms with Gasteiger partial charge in [0.15, 0.2) is 0 Å². The van der Waals surface area contributed by atoms with Gasteiger partial charge in [-0.25, -0.2) is 17.9 Å². The molecule has 3 N–H and O–H groups in total. The number of aromatic nitrogens is 2. The van der Waals surface area contributed by atoms with Crippen LogP contribution in [0.5, 0.6) is 5.75 Å². The molecule has 0 atom stereocenters. The SMILES string of the molecule is COc1ccccc1CNS(=O)(=O)c1ccc2[nH]c(=O)[nH]c(=O)c2c1. The molecule has 3 aromatic rings. The normalized spacial score (nSPS) is 11.6. The van der Waals surface area contributed by atoms with Gasteiger partial charge in [0.1, 0.15) is 5.75 Å². The smallest absolute Gasteiger partial charge is 0.326 e. The zero-order chi connectivity index (χ0) is 18.0. The van der Waals surface area contributed by atoms with Gasteiger partial charge in [0.25, 0.3) is 5.56 Å². The first kappa shape index (κ1) is 16.9. The topological polar surface area (TPSA) is 121 Å². The Labute approximate surface area is 142 Å². The third-order valence-electron chi connectivity index (χ3n) is 3.67. The molecule has 9 heteroatoms. The minimum absolute atomic E-state index is 0.0341. The molecule has 1 aromatic heterocycles. The van der Waals surface area contributed by atoms with Crippen LogP contribution >= 0.6 is 0 Å². The first-order chi connectivity index (χ1) is 11.9. The Morgan fingerprint density at radius 2 is 1.84 bits per heavy atom. The van der Waals surface area contributed by atoms with Gasteiger partial charge in [0.2, 0.25) is 10.0 Å². The monoisotopic (exact) mass is 361 g/mol. The van der Waals surface area contributed by atoms with Crippen LogP contribution in [-0.4, -0.2) is 25.5 Å². The molecule has 130 valence electrons. The van der Waals surface area contributed by atoms with E-state index in [4.69, 9.17) is 4.74 Å². The van der Waals surface area contributed by atoms with E-state index in [0.29, 0.717) is 11.3 Å². The van der Waals surface area contributed by atoms with Gasteiger partial charge in [-0.3, -0.25) is 9.78 Å². The molecule has 0 spiro atoms. The van der Waals surface area contributed by atoms with Crippen LogP contribution < -0.4 is 20.7 Å². The van der Waals surface area contributed by atoms with Crippen molar-refractivity contribution in [1.29, 1.82) is 0 Å². The Kier molecular flexibility index (Phi) is 4.43. The van der Waals surface area contributed by atoms with Crippen molar-refractivity contribution in [2.45, 2.75) is 11.4 Å². The highest BCUT2D eigenvalue weighted by molar-refractivity contribution is 7.89. The largest absolute Gasteiger partial charge is 0.496 e. The van der Waals surface area contributed by atoms with Gasteiger partial charge in [-0.1, -0.05) is 18.2 Å². The molecule has 0 fully saturated rings. The number of nitrogens with one attached hydrogen (secondary N) is 3. The summed E-state index contributed by atoms with van der Waals surface area (Å²) < 4.78 is 32.6. The molecule has 0 unspecified atom stereocenters. The van der Waals surface area contributed by atoms with E-state index in [1.54, 1.807) is 24.3 Å². The number of benzene rings is 2. The molecule has 1 heterocycles. The van der Waals surface area contributed by atoms with E-state index in [2.05, 4.69) is 14.7 Å². The molecule has 2 aromatic carbocycles. The van der Waals surface area contributed by atoms with E-state index in [9.17, 15) is 18.0 Å². The Morgan fingerprint density at radius 1 is 1.08 bits per heavy atom. The van der Waals surface area contributed by atoms with Crippen molar-refractivity contribution in [1.82, 2.24) is 14.7 Å². The van der Waals surface area contributed by atoms with Crippen LogP contribution in [0.2, 0.25) is 0 Å². The maximum Gasteiger partial charge on any atom is 0.326 e. The zero-order valence-electron chi connectivity index (χ0n) is 13.2. The highest BCUT2D eigenvalue weighted by atomic mass is 32.2. The molecule has 0 aliphatic rings. The highest BCUT2D eigenvalue weighted by Crippen LogP contribution is 2.19. The second-order valence-electron chi connectivity index (χ2n) is 5.25. The number of sulfonamides is 1. The summed E-state index contributed by atoms with van der Waals surface area (Å²) in [5.41, 5.74) is -0.364. The minimum Gasteiger partial charge on any atom is -0.496 e. The average molecular weight is 361 g/mol. The fourth-order valence-electron chi connectivity index (χ4n) is 2.42. The summed E-state index contributed by atoms with van der Waals surface area (Å²) in [7, 11) is -2.35. The number of aromatic amines is 2. The summed E-state index contributed by atoms with van der Waals surface area (Å²) in [6.07, 6.45) is 0. The standard InChI is InChI=1S/C16H15N3O5S/c1-24-14-5-3-2-4-10(14)9-17-25(22,23)11-6-7-13-12(8-11)15(20)19-16(21)18-13/h2-8,17H,9H2,1H3,(H2,18,19,20,21). The third kappa shape index (κ3) is 3.47. The number of hydrogen-bond donors (Lipinski definition) is 3.